The van der Waals surface area contributed by atoms with E-state index >= 15 is 0 Å². The van der Waals surface area contributed by atoms with Crippen LogP contribution in [0.1, 0.15) is 6.92 Å². The third-order valence-corrected chi connectivity index (χ3v) is 5.75. The molecule has 2 aromatic carbocycles. The van der Waals surface area contributed by atoms with Gasteiger partial charge in [-0.25, -0.2) is 8.42 Å². The molecule has 0 radical (unpaired) electrons. The summed E-state index contributed by atoms with van der Waals surface area (Å²) in [4.78, 5) is 12.9. The van der Waals surface area contributed by atoms with Crippen molar-refractivity contribution in [2.24, 2.45) is 0 Å². The molecule has 9 nitrogen and oxygen atoms in total. The Balaban J connectivity index is 1.91. The number of carbonyl (C=O) groups is 1. The van der Waals surface area contributed by atoms with Gasteiger partial charge in [-0.2, -0.15) is 0 Å². The standard InChI is InChI=1S/C20H24N2O7S/c1-13(20(23)21-14-5-7-18-19(11-14)29-10-9-28-18)22(30(4,24)25)16-12-15(26-2)6-8-17(16)27-3/h5-8,11-13H,9-10H2,1-4H3,(H,21,23)/t13-/m1/s1. The van der Waals surface area contributed by atoms with Gasteiger partial charge in [0.05, 0.1) is 26.2 Å². The van der Waals surface area contributed by atoms with Crippen LogP contribution < -0.4 is 28.6 Å². The normalized spacial score (nSPS) is 13.9. The van der Waals surface area contributed by atoms with Crippen molar-refractivity contribution in [1.82, 2.24) is 0 Å². The summed E-state index contributed by atoms with van der Waals surface area (Å²) in [5.74, 6) is 1.30. The second-order valence-corrected chi connectivity index (χ2v) is 8.48. The number of rotatable bonds is 7. The fourth-order valence-electron chi connectivity index (χ4n) is 3.12. The highest BCUT2D eigenvalue weighted by molar-refractivity contribution is 7.92. The molecule has 162 valence electrons. The van der Waals surface area contributed by atoms with Gasteiger partial charge in [-0.15, -0.1) is 0 Å². The lowest BCUT2D eigenvalue weighted by atomic mass is 10.2. The predicted molar refractivity (Wildman–Crippen MR) is 112 cm³/mol. The SMILES string of the molecule is COc1ccc(OC)c(N([C@H](C)C(=O)Nc2ccc3c(c2)OCCO3)S(C)(=O)=O)c1. The number of hydrogen-bond donors (Lipinski definition) is 1. The molecule has 0 bridgehead atoms. The van der Waals surface area contributed by atoms with E-state index in [0.29, 0.717) is 41.9 Å². The maximum atomic E-state index is 12.9. The Morgan fingerprint density at radius 3 is 2.40 bits per heavy atom. The van der Waals surface area contributed by atoms with Crippen molar-refractivity contribution < 1.29 is 32.2 Å². The molecule has 1 aliphatic heterocycles. The summed E-state index contributed by atoms with van der Waals surface area (Å²) >= 11 is 0. The summed E-state index contributed by atoms with van der Waals surface area (Å²) in [6.07, 6.45) is 1.03. The van der Waals surface area contributed by atoms with Gasteiger partial charge in [0, 0.05) is 17.8 Å². The van der Waals surface area contributed by atoms with Crippen LogP contribution in [0.5, 0.6) is 23.0 Å². The first-order chi connectivity index (χ1) is 14.2. The molecule has 1 atom stereocenters. The van der Waals surface area contributed by atoms with Crippen molar-refractivity contribution in [3.63, 3.8) is 0 Å². The molecule has 0 aliphatic carbocycles. The van der Waals surface area contributed by atoms with Gasteiger partial charge < -0.3 is 24.3 Å². The highest BCUT2D eigenvalue weighted by Gasteiger charge is 2.32. The Kier molecular flexibility index (Phi) is 6.25. The van der Waals surface area contributed by atoms with E-state index in [0.717, 1.165) is 10.6 Å². The number of methoxy groups -OCH3 is 2. The first-order valence-electron chi connectivity index (χ1n) is 9.16. The molecule has 1 heterocycles. The Morgan fingerprint density at radius 2 is 1.77 bits per heavy atom. The minimum atomic E-state index is -3.83. The molecule has 0 saturated carbocycles. The van der Waals surface area contributed by atoms with E-state index in [2.05, 4.69) is 5.32 Å². The van der Waals surface area contributed by atoms with Crippen LogP contribution in [-0.4, -0.2) is 54.1 Å². The van der Waals surface area contributed by atoms with Gasteiger partial charge in [0.2, 0.25) is 15.9 Å². The number of fused-ring (bicyclic) bond motifs is 1. The highest BCUT2D eigenvalue weighted by atomic mass is 32.2. The quantitative estimate of drug-likeness (QED) is 0.710. The molecule has 1 amide bonds. The third-order valence-electron chi connectivity index (χ3n) is 4.52. The Labute approximate surface area is 175 Å². The van der Waals surface area contributed by atoms with E-state index in [4.69, 9.17) is 18.9 Å². The van der Waals surface area contributed by atoms with E-state index in [1.165, 1.54) is 27.2 Å². The fraction of sp³-hybridized carbons (Fsp3) is 0.350. The molecule has 10 heteroatoms. The number of sulfonamides is 1. The van der Waals surface area contributed by atoms with Crippen LogP contribution in [0.3, 0.4) is 0 Å². The summed E-state index contributed by atoms with van der Waals surface area (Å²) < 4.78 is 47.7. The van der Waals surface area contributed by atoms with Crippen LogP contribution >= 0.6 is 0 Å². The second kappa shape index (κ2) is 8.70. The molecule has 1 aliphatic rings. The van der Waals surface area contributed by atoms with Gasteiger partial charge in [0.25, 0.3) is 0 Å². The average molecular weight is 436 g/mol. The average Bonchev–Trinajstić information content (AvgIpc) is 2.72. The largest absolute Gasteiger partial charge is 0.497 e. The molecule has 2 aromatic rings. The van der Waals surface area contributed by atoms with Crippen molar-refractivity contribution >= 4 is 27.3 Å². The Morgan fingerprint density at radius 1 is 1.07 bits per heavy atom. The number of ether oxygens (including phenoxy) is 4. The van der Waals surface area contributed by atoms with Crippen molar-refractivity contribution in [2.45, 2.75) is 13.0 Å². The zero-order valence-electron chi connectivity index (χ0n) is 17.2. The van der Waals surface area contributed by atoms with Crippen LogP contribution in [-0.2, 0) is 14.8 Å². The Bertz CT molecular complexity index is 1040. The number of carbonyl (C=O) groups excluding carboxylic acids is 1. The highest BCUT2D eigenvalue weighted by Crippen LogP contribution is 2.36. The second-order valence-electron chi connectivity index (χ2n) is 6.62. The molecule has 30 heavy (non-hydrogen) atoms. The van der Waals surface area contributed by atoms with Gasteiger partial charge in [-0.3, -0.25) is 9.10 Å². The molecular formula is C20H24N2O7S. The van der Waals surface area contributed by atoms with Crippen LogP contribution in [0, 0.1) is 0 Å². The maximum Gasteiger partial charge on any atom is 0.247 e. The van der Waals surface area contributed by atoms with Gasteiger partial charge in [-0.1, -0.05) is 0 Å². The van der Waals surface area contributed by atoms with Crippen molar-refractivity contribution in [3.05, 3.63) is 36.4 Å². The summed E-state index contributed by atoms with van der Waals surface area (Å²) in [6.45, 7) is 2.37. The van der Waals surface area contributed by atoms with Crippen LogP contribution in [0.4, 0.5) is 11.4 Å². The number of hydrogen-bond acceptors (Lipinski definition) is 7. The van der Waals surface area contributed by atoms with Crippen LogP contribution in [0.25, 0.3) is 0 Å². The predicted octanol–water partition coefficient (Wildman–Crippen LogP) is 2.27. The summed E-state index contributed by atoms with van der Waals surface area (Å²) in [5.41, 5.74) is 0.659. The lowest BCUT2D eigenvalue weighted by Gasteiger charge is -2.29. The van der Waals surface area contributed by atoms with Crippen molar-refractivity contribution in [2.75, 3.05) is 43.3 Å². The van der Waals surface area contributed by atoms with Crippen molar-refractivity contribution in [1.29, 1.82) is 0 Å². The van der Waals surface area contributed by atoms with E-state index < -0.39 is 22.0 Å². The van der Waals surface area contributed by atoms with Crippen LogP contribution in [0.15, 0.2) is 36.4 Å². The number of nitrogens with one attached hydrogen (secondary N) is 1. The molecule has 0 saturated heterocycles. The topological polar surface area (TPSA) is 103 Å². The molecule has 0 aromatic heterocycles. The van der Waals surface area contributed by atoms with E-state index in [1.54, 1.807) is 30.3 Å². The lowest BCUT2D eigenvalue weighted by molar-refractivity contribution is -0.116. The number of anilines is 2. The van der Waals surface area contributed by atoms with E-state index in [1.807, 2.05) is 0 Å². The summed E-state index contributed by atoms with van der Waals surface area (Å²) in [5, 5.41) is 2.73. The zero-order chi connectivity index (χ0) is 21.9. The van der Waals surface area contributed by atoms with Crippen molar-refractivity contribution in [3.8, 4) is 23.0 Å². The summed E-state index contributed by atoms with van der Waals surface area (Å²) in [7, 11) is -0.945. The number of nitrogens with zero attached hydrogens (tertiary/aromatic N) is 1. The molecule has 3 rings (SSSR count). The zero-order valence-corrected chi connectivity index (χ0v) is 18.0. The first kappa shape index (κ1) is 21.6. The third kappa shape index (κ3) is 4.54. The van der Waals surface area contributed by atoms with Gasteiger partial charge in [-0.05, 0) is 31.2 Å². The molecule has 0 unspecified atom stereocenters. The van der Waals surface area contributed by atoms with Gasteiger partial charge in [0.1, 0.15) is 30.8 Å². The minimum absolute atomic E-state index is 0.198. The molecule has 0 fully saturated rings. The molecule has 0 spiro atoms. The number of amides is 1. The number of benzene rings is 2. The fourth-order valence-corrected chi connectivity index (χ4v) is 4.29. The van der Waals surface area contributed by atoms with E-state index in [9.17, 15) is 13.2 Å². The molecular weight excluding hydrogens is 412 g/mol. The lowest BCUT2D eigenvalue weighted by Crippen LogP contribution is -2.45. The van der Waals surface area contributed by atoms with Crippen LogP contribution in [0.2, 0.25) is 0 Å². The molecule has 1 N–H and O–H groups in total. The Hall–Kier alpha value is -3.14. The monoisotopic (exact) mass is 436 g/mol. The smallest absolute Gasteiger partial charge is 0.247 e. The van der Waals surface area contributed by atoms with E-state index in [-0.39, 0.29) is 5.69 Å². The first-order valence-corrected chi connectivity index (χ1v) is 11.0. The minimum Gasteiger partial charge on any atom is -0.497 e. The van der Waals surface area contributed by atoms with Gasteiger partial charge in [0.15, 0.2) is 11.5 Å². The maximum absolute atomic E-state index is 12.9. The summed E-state index contributed by atoms with van der Waals surface area (Å²) in [6, 6.07) is 8.64. The van der Waals surface area contributed by atoms with Gasteiger partial charge >= 0.3 is 0 Å².